The van der Waals surface area contributed by atoms with E-state index in [2.05, 4.69) is 45.6 Å². The first-order valence-corrected chi connectivity index (χ1v) is 14.6. The molecule has 4 aromatic rings. The summed E-state index contributed by atoms with van der Waals surface area (Å²) >= 11 is 0. The molecule has 3 amide bonds. The third kappa shape index (κ3) is 6.40. The highest BCUT2D eigenvalue weighted by molar-refractivity contribution is 6.05. The van der Waals surface area contributed by atoms with Crippen LogP contribution in [0.25, 0.3) is 0 Å². The average molecular weight is 578 g/mol. The number of aryl methyl sites for hydroxylation is 1. The number of para-hydroxylation sites is 1. The molecule has 6 rings (SSSR count). The monoisotopic (exact) mass is 577 g/mol. The van der Waals surface area contributed by atoms with Crippen LogP contribution in [0, 0.1) is 6.92 Å². The predicted molar refractivity (Wildman–Crippen MR) is 167 cm³/mol. The fourth-order valence-electron chi connectivity index (χ4n) is 5.52. The smallest absolute Gasteiger partial charge is 0.291 e. The largest absolute Gasteiger partial charge is 0.456 e. The molecule has 3 aromatic carbocycles. The van der Waals surface area contributed by atoms with E-state index < -0.39 is 5.91 Å². The number of carbonyl (C=O) groups excluding carboxylic acids is 3. The summed E-state index contributed by atoms with van der Waals surface area (Å²) in [7, 11) is 0. The van der Waals surface area contributed by atoms with E-state index in [0.717, 1.165) is 56.0 Å². The highest BCUT2D eigenvalue weighted by Gasteiger charge is 2.28. The average Bonchev–Trinajstić information content (AvgIpc) is 3.76. The number of piperazine rings is 1. The second-order valence-electron chi connectivity index (χ2n) is 11.2. The molecule has 4 N–H and O–H groups in total. The summed E-state index contributed by atoms with van der Waals surface area (Å²) in [5.74, 6) is 0.312. The molecular formula is C34H35N5O4. The second kappa shape index (κ2) is 12.1. The molecule has 2 fully saturated rings. The van der Waals surface area contributed by atoms with Crippen LogP contribution in [0.3, 0.4) is 0 Å². The van der Waals surface area contributed by atoms with E-state index >= 15 is 0 Å². The Balaban J connectivity index is 1.21. The molecular weight excluding hydrogens is 542 g/mol. The van der Waals surface area contributed by atoms with Crippen molar-refractivity contribution in [3.63, 3.8) is 0 Å². The highest BCUT2D eigenvalue weighted by Crippen LogP contribution is 2.41. The van der Waals surface area contributed by atoms with Gasteiger partial charge in [-0.1, -0.05) is 30.3 Å². The maximum atomic E-state index is 13.3. The van der Waals surface area contributed by atoms with Gasteiger partial charge in [-0.3, -0.25) is 14.4 Å². The molecule has 0 unspecified atom stereocenters. The van der Waals surface area contributed by atoms with Gasteiger partial charge in [0.05, 0.1) is 11.4 Å². The number of primary amides is 1. The van der Waals surface area contributed by atoms with Gasteiger partial charge in [0, 0.05) is 55.5 Å². The molecule has 1 saturated carbocycles. The number of hydrogen-bond acceptors (Lipinski definition) is 6. The summed E-state index contributed by atoms with van der Waals surface area (Å²) in [4.78, 5) is 42.6. The van der Waals surface area contributed by atoms with E-state index in [1.807, 2.05) is 24.3 Å². The van der Waals surface area contributed by atoms with Gasteiger partial charge in [0.15, 0.2) is 5.76 Å². The Morgan fingerprint density at radius 2 is 1.56 bits per heavy atom. The molecule has 0 radical (unpaired) electrons. The number of nitrogens with two attached hydrogens (primary N) is 1. The lowest BCUT2D eigenvalue weighted by atomic mass is 10.1. The maximum absolute atomic E-state index is 13.3. The van der Waals surface area contributed by atoms with Gasteiger partial charge >= 0.3 is 0 Å². The molecule has 2 heterocycles. The Kier molecular flexibility index (Phi) is 7.87. The molecule has 0 bridgehead atoms. The van der Waals surface area contributed by atoms with Gasteiger partial charge in [-0.25, -0.2) is 0 Å². The van der Waals surface area contributed by atoms with Gasteiger partial charge in [-0.05, 0) is 79.4 Å². The van der Waals surface area contributed by atoms with Gasteiger partial charge in [0.25, 0.3) is 11.8 Å². The number of hydrogen-bond donors (Lipinski definition) is 3. The quantitative estimate of drug-likeness (QED) is 0.255. The molecule has 1 aromatic heterocycles. The molecule has 9 heteroatoms. The maximum Gasteiger partial charge on any atom is 0.291 e. The Morgan fingerprint density at radius 3 is 2.28 bits per heavy atom. The van der Waals surface area contributed by atoms with E-state index in [9.17, 15) is 14.4 Å². The number of nitrogens with zero attached hydrogens (tertiary/aromatic N) is 2. The molecule has 1 aliphatic carbocycles. The molecule has 0 spiro atoms. The van der Waals surface area contributed by atoms with Gasteiger partial charge < -0.3 is 30.6 Å². The number of rotatable bonds is 9. The second-order valence-corrected chi connectivity index (χ2v) is 11.2. The van der Waals surface area contributed by atoms with Crippen molar-refractivity contribution >= 4 is 34.8 Å². The lowest BCUT2D eigenvalue weighted by Crippen LogP contribution is -2.47. The first-order chi connectivity index (χ1) is 20.9. The van der Waals surface area contributed by atoms with Crippen LogP contribution in [-0.4, -0.2) is 43.9 Å². The number of amides is 3. The molecule has 0 atom stereocenters. The molecule has 2 aliphatic rings. The molecule has 1 saturated heterocycles. The Hall–Kier alpha value is -5.05. The zero-order valence-corrected chi connectivity index (χ0v) is 24.1. The highest BCUT2D eigenvalue weighted by atomic mass is 16.4. The lowest BCUT2D eigenvalue weighted by Gasteiger charge is -2.38. The minimum atomic E-state index is -0.523. The van der Waals surface area contributed by atoms with Crippen LogP contribution in [0.5, 0.6) is 0 Å². The number of carbonyl (C=O) groups is 3. The number of nitrogens with one attached hydrogen (secondary N) is 2. The van der Waals surface area contributed by atoms with Crippen LogP contribution < -0.4 is 26.2 Å². The van der Waals surface area contributed by atoms with Crippen LogP contribution in [0.15, 0.2) is 83.3 Å². The predicted octanol–water partition coefficient (Wildman–Crippen LogP) is 5.07. The van der Waals surface area contributed by atoms with Gasteiger partial charge in [-0.2, -0.15) is 0 Å². The number of anilines is 3. The summed E-state index contributed by atoms with van der Waals surface area (Å²) in [6, 6.07) is 24.2. The molecule has 43 heavy (non-hydrogen) atoms. The van der Waals surface area contributed by atoms with Gasteiger partial charge in [-0.15, -0.1) is 0 Å². The summed E-state index contributed by atoms with van der Waals surface area (Å²) < 4.78 is 5.85. The van der Waals surface area contributed by atoms with Crippen molar-refractivity contribution < 1.29 is 18.8 Å². The van der Waals surface area contributed by atoms with Crippen molar-refractivity contribution in [2.24, 2.45) is 5.73 Å². The zero-order chi connectivity index (χ0) is 29.9. The van der Waals surface area contributed by atoms with Crippen molar-refractivity contribution in [2.75, 3.05) is 41.3 Å². The summed E-state index contributed by atoms with van der Waals surface area (Å²) in [6.45, 7) is 5.51. The summed E-state index contributed by atoms with van der Waals surface area (Å²) in [6.07, 6.45) is 2.16. The van der Waals surface area contributed by atoms with Crippen LogP contribution in [-0.2, 0) is 6.54 Å². The standard InChI is InChI=1S/C34H35N5O4/c1-22-5-2-3-8-28(22)38-15-17-39(18-16-38)29-12-11-26(33(41)36-21-23-6-4-7-25(19-23)32(35)40)20-27(29)37-34(42)31-14-13-30(43-31)24-9-10-24/h2-8,11-14,19-20,24H,9-10,15-18,21H2,1H3,(H2,35,40)(H,36,41)(H,37,42). The van der Waals surface area contributed by atoms with Crippen molar-refractivity contribution in [3.8, 4) is 0 Å². The van der Waals surface area contributed by atoms with E-state index in [0.29, 0.717) is 22.7 Å². The van der Waals surface area contributed by atoms with E-state index in [-0.39, 0.29) is 24.1 Å². The molecule has 1 aliphatic heterocycles. The SMILES string of the molecule is Cc1ccccc1N1CCN(c2ccc(C(=O)NCc3cccc(C(N)=O)c3)cc2NC(=O)c2ccc(C3CC3)o2)CC1. The van der Waals surface area contributed by atoms with Crippen LogP contribution in [0.2, 0.25) is 0 Å². The normalized spacial score (nSPS) is 14.8. The Bertz CT molecular complexity index is 1670. The number of benzene rings is 3. The first-order valence-electron chi connectivity index (χ1n) is 14.6. The Labute approximate surface area is 250 Å². The van der Waals surface area contributed by atoms with Crippen LogP contribution in [0.4, 0.5) is 17.1 Å². The minimum Gasteiger partial charge on any atom is -0.456 e. The van der Waals surface area contributed by atoms with Crippen molar-refractivity contribution in [1.82, 2.24) is 5.32 Å². The van der Waals surface area contributed by atoms with Crippen molar-refractivity contribution in [2.45, 2.75) is 32.2 Å². The van der Waals surface area contributed by atoms with Crippen molar-refractivity contribution in [1.29, 1.82) is 0 Å². The Morgan fingerprint density at radius 1 is 0.814 bits per heavy atom. The van der Waals surface area contributed by atoms with E-state index in [1.165, 1.54) is 11.3 Å². The van der Waals surface area contributed by atoms with Gasteiger partial charge in [0.2, 0.25) is 5.91 Å². The zero-order valence-electron chi connectivity index (χ0n) is 24.1. The summed E-state index contributed by atoms with van der Waals surface area (Å²) in [5, 5.41) is 5.92. The minimum absolute atomic E-state index is 0.223. The van der Waals surface area contributed by atoms with Crippen molar-refractivity contribution in [3.05, 3.63) is 113 Å². The number of furan rings is 1. The van der Waals surface area contributed by atoms with Crippen LogP contribution in [0.1, 0.15) is 66.9 Å². The molecule has 9 nitrogen and oxygen atoms in total. The van der Waals surface area contributed by atoms with Crippen LogP contribution >= 0.6 is 0 Å². The third-order valence-electron chi connectivity index (χ3n) is 8.08. The lowest BCUT2D eigenvalue weighted by molar-refractivity contribution is 0.0948. The topological polar surface area (TPSA) is 121 Å². The first kappa shape index (κ1) is 28.1. The summed E-state index contributed by atoms with van der Waals surface area (Å²) in [5.41, 5.74) is 10.8. The van der Waals surface area contributed by atoms with Gasteiger partial charge in [0.1, 0.15) is 5.76 Å². The fourth-order valence-corrected chi connectivity index (χ4v) is 5.52. The van der Waals surface area contributed by atoms with E-state index in [1.54, 1.807) is 36.4 Å². The molecule has 220 valence electrons. The fraction of sp³-hybridized carbons (Fsp3) is 0.265. The van der Waals surface area contributed by atoms with E-state index in [4.69, 9.17) is 10.2 Å². The third-order valence-corrected chi connectivity index (χ3v) is 8.08.